The third kappa shape index (κ3) is 7.34. The van der Waals surface area contributed by atoms with Gasteiger partial charge in [0.25, 0.3) is 11.8 Å². The number of pyridine rings is 2. The van der Waals surface area contributed by atoms with Crippen LogP contribution in [0.3, 0.4) is 0 Å². The van der Waals surface area contributed by atoms with Crippen LogP contribution in [0, 0.1) is 0 Å². The van der Waals surface area contributed by atoms with Gasteiger partial charge in [0.1, 0.15) is 45.1 Å². The van der Waals surface area contributed by atoms with Crippen LogP contribution >= 0.6 is 23.2 Å². The Balaban J connectivity index is 0.849. The van der Waals surface area contributed by atoms with Crippen LogP contribution in [0.1, 0.15) is 58.5 Å². The second-order valence-electron chi connectivity index (χ2n) is 15.5. The number of likely N-dealkylation sites (tertiary alicyclic amines) is 2. The maximum absolute atomic E-state index is 14.1. The number of oxazole rings is 1. The van der Waals surface area contributed by atoms with Gasteiger partial charge in [-0.3, -0.25) is 14.4 Å². The second kappa shape index (κ2) is 16.3. The summed E-state index contributed by atoms with van der Waals surface area (Å²) in [6, 6.07) is 26.2. The monoisotopic (exact) mass is 880 g/mol. The first-order valence-corrected chi connectivity index (χ1v) is 21.2. The fourth-order valence-corrected chi connectivity index (χ4v) is 9.19. The van der Waals surface area contributed by atoms with E-state index in [9.17, 15) is 14.4 Å². The van der Waals surface area contributed by atoms with Gasteiger partial charge in [-0.15, -0.1) is 0 Å². The number of carbonyl (C=O) groups excluding carboxylic acids is 3. The topological polar surface area (TPSA) is 169 Å². The number of aromatic nitrogens is 5. The number of amides is 3. The Morgan fingerprint density at radius 1 is 0.730 bits per heavy atom. The minimum absolute atomic E-state index is 0.156. The lowest BCUT2D eigenvalue weighted by molar-refractivity contribution is -0.119. The van der Waals surface area contributed by atoms with Crippen molar-refractivity contribution in [3.05, 3.63) is 125 Å². The lowest BCUT2D eigenvalue weighted by Crippen LogP contribution is -2.43. The fourth-order valence-electron chi connectivity index (χ4n) is 8.80. The molecule has 0 bridgehead atoms. The minimum Gasteiger partial charge on any atom is -0.496 e. The molecule has 3 amide bonds. The molecule has 63 heavy (non-hydrogen) atoms. The standard InChI is InChI=1S/C47H38Cl2N8O6/c1-61-36-14-4-10-28-30(36)22-39(48)54-41(28)46(59)56-18-6-12-34(56)43-52-32-17-16-25(21-33(32)53-43)38-24-50-45(63-38)26-8-3-9-27(20-26)51-44(58)35-13-7-19-57(35)47(60)42-29-11-5-15-37(62-2)31(29)23-40(49)55-42/h3-5,8-11,14-17,20-24,34-35H,6-7,12-13,18-19H2,1-2H3,(H,51,58)(H,52,53)/t34-,35+/m0/s1. The number of fused-ring (bicyclic) bond motifs is 3. The second-order valence-corrected chi connectivity index (χ2v) is 16.2. The summed E-state index contributed by atoms with van der Waals surface area (Å²) in [7, 11) is 3.13. The van der Waals surface area contributed by atoms with Gasteiger partial charge >= 0.3 is 0 Å². The molecule has 14 nitrogen and oxygen atoms in total. The van der Waals surface area contributed by atoms with Gasteiger partial charge in [-0.1, -0.05) is 53.5 Å². The number of methoxy groups -OCH3 is 2. The number of H-pyrrole nitrogens is 1. The van der Waals surface area contributed by atoms with Gasteiger partial charge in [0.05, 0.1) is 37.5 Å². The summed E-state index contributed by atoms with van der Waals surface area (Å²) >= 11 is 12.8. The zero-order valence-electron chi connectivity index (χ0n) is 34.0. The maximum Gasteiger partial charge on any atom is 0.273 e. The number of hydrogen-bond donors (Lipinski definition) is 2. The van der Waals surface area contributed by atoms with Crippen molar-refractivity contribution < 1.29 is 28.3 Å². The summed E-state index contributed by atoms with van der Waals surface area (Å²) in [4.78, 5) is 67.0. The molecule has 2 saturated heterocycles. The molecule has 316 valence electrons. The molecule has 16 heteroatoms. The van der Waals surface area contributed by atoms with E-state index in [0.717, 1.165) is 34.8 Å². The van der Waals surface area contributed by atoms with Crippen LogP contribution in [0.4, 0.5) is 5.69 Å². The number of rotatable bonds is 9. The maximum atomic E-state index is 14.1. The quantitative estimate of drug-likeness (QED) is 0.133. The summed E-state index contributed by atoms with van der Waals surface area (Å²) in [6.45, 7) is 0.946. The average molecular weight is 882 g/mol. The Labute approximate surface area is 370 Å². The molecule has 8 aromatic rings. The van der Waals surface area contributed by atoms with E-state index in [0.29, 0.717) is 82.3 Å². The highest BCUT2D eigenvalue weighted by molar-refractivity contribution is 6.31. The van der Waals surface area contributed by atoms with E-state index < -0.39 is 6.04 Å². The van der Waals surface area contributed by atoms with Crippen LogP contribution in [0.2, 0.25) is 10.3 Å². The van der Waals surface area contributed by atoms with Crippen molar-refractivity contribution in [3.63, 3.8) is 0 Å². The molecule has 2 fully saturated rings. The van der Waals surface area contributed by atoms with E-state index in [1.165, 1.54) is 0 Å². The number of benzene rings is 4. The highest BCUT2D eigenvalue weighted by Gasteiger charge is 2.37. The fraction of sp³-hybridized carbons (Fsp3) is 0.213. The van der Waals surface area contributed by atoms with E-state index in [1.54, 1.807) is 78.7 Å². The van der Waals surface area contributed by atoms with Crippen molar-refractivity contribution in [2.45, 2.75) is 37.8 Å². The summed E-state index contributed by atoms with van der Waals surface area (Å²) in [6.07, 6.45) is 4.34. The largest absolute Gasteiger partial charge is 0.496 e. The lowest BCUT2D eigenvalue weighted by atomic mass is 10.1. The zero-order valence-corrected chi connectivity index (χ0v) is 35.5. The average Bonchev–Trinajstić information content (AvgIpc) is 4.14. The number of nitrogens with zero attached hydrogens (tertiary/aromatic N) is 6. The summed E-state index contributed by atoms with van der Waals surface area (Å²) in [5.74, 6) is 1.83. The van der Waals surface area contributed by atoms with Crippen LogP contribution in [0.25, 0.3) is 55.4 Å². The predicted molar refractivity (Wildman–Crippen MR) is 239 cm³/mol. The highest BCUT2D eigenvalue weighted by atomic mass is 35.5. The molecule has 2 atom stereocenters. The molecule has 2 N–H and O–H groups in total. The van der Waals surface area contributed by atoms with Gasteiger partial charge in [-0.25, -0.2) is 19.9 Å². The Hall–Kier alpha value is -7.03. The number of anilines is 1. The first kappa shape index (κ1) is 40.1. The molecule has 4 aromatic heterocycles. The zero-order chi connectivity index (χ0) is 43.4. The summed E-state index contributed by atoms with van der Waals surface area (Å²) < 4.78 is 17.3. The van der Waals surface area contributed by atoms with Gasteiger partial charge in [0.15, 0.2) is 5.76 Å². The van der Waals surface area contributed by atoms with Crippen molar-refractivity contribution in [1.82, 2.24) is 34.7 Å². The number of hydrogen-bond acceptors (Lipinski definition) is 10. The SMILES string of the molecule is COc1cccc2c(C(=O)N3CCC[C@@H]3C(=O)Nc3cccc(-c4ncc(-c5ccc6nc([C@@H]7CCCN7C(=O)c7nc(Cl)cc8c(OC)cccc78)[nH]c6c5)o4)c3)nc(Cl)cc12. The molecule has 0 spiro atoms. The molecule has 0 unspecified atom stereocenters. The van der Waals surface area contributed by atoms with Crippen LogP contribution in [0.5, 0.6) is 11.5 Å². The molecule has 0 saturated carbocycles. The van der Waals surface area contributed by atoms with E-state index in [-0.39, 0.29) is 45.5 Å². The lowest BCUT2D eigenvalue weighted by Gasteiger charge is -2.24. The van der Waals surface area contributed by atoms with Crippen molar-refractivity contribution >= 4 is 79.2 Å². The van der Waals surface area contributed by atoms with E-state index in [1.807, 2.05) is 42.5 Å². The number of halogens is 2. The Kier molecular flexibility index (Phi) is 10.4. The van der Waals surface area contributed by atoms with Crippen molar-refractivity contribution in [1.29, 1.82) is 0 Å². The van der Waals surface area contributed by atoms with Crippen LogP contribution in [-0.2, 0) is 4.79 Å². The third-order valence-corrected chi connectivity index (χ3v) is 12.2. The Bertz CT molecular complexity index is 3130. The van der Waals surface area contributed by atoms with Gasteiger partial charge in [0, 0.05) is 51.4 Å². The molecular weight excluding hydrogens is 843 g/mol. The van der Waals surface area contributed by atoms with E-state index in [2.05, 4.69) is 25.3 Å². The minimum atomic E-state index is -0.712. The third-order valence-electron chi connectivity index (χ3n) is 11.8. The first-order valence-electron chi connectivity index (χ1n) is 20.4. The number of carbonyl (C=O) groups is 3. The smallest absolute Gasteiger partial charge is 0.273 e. The van der Waals surface area contributed by atoms with E-state index in [4.69, 9.17) is 42.1 Å². The molecule has 0 radical (unpaired) electrons. The first-order chi connectivity index (χ1) is 30.7. The molecule has 2 aliphatic rings. The highest BCUT2D eigenvalue weighted by Crippen LogP contribution is 2.37. The van der Waals surface area contributed by atoms with Gasteiger partial charge in [-0.2, -0.15) is 0 Å². The number of aromatic amines is 1. The molecule has 10 rings (SSSR count). The molecule has 0 aliphatic carbocycles. The number of ether oxygens (including phenoxy) is 2. The molecule has 2 aliphatic heterocycles. The van der Waals surface area contributed by atoms with Gasteiger partial charge in [-0.05, 0) is 86.3 Å². The van der Waals surface area contributed by atoms with Gasteiger partial charge in [0.2, 0.25) is 11.8 Å². The van der Waals surface area contributed by atoms with Crippen LogP contribution < -0.4 is 14.8 Å². The molecule has 4 aromatic carbocycles. The Morgan fingerprint density at radius 2 is 1.38 bits per heavy atom. The molecular formula is C47H38Cl2N8O6. The van der Waals surface area contributed by atoms with Gasteiger partial charge < -0.3 is 34.0 Å². The van der Waals surface area contributed by atoms with Crippen LogP contribution in [0.15, 0.2) is 102 Å². The Morgan fingerprint density at radius 3 is 2.08 bits per heavy atom. The van der Waals surface area contributed by atoms with Crippen molar-refractivity contribution in [2.24, 2.45) is 0 Å². The van der Waals surface area contributed by atoms with Crippen molar-refractivity contribution in [2.75, 3.05) is 32.6 Å². The molecule has 6 heterocycles. The number of imidazole rings is 1. The summed E-state index contributed by atoms with van der Waals surface area (Å²) in [5.41, 5.74) is 3.91. The predicted octanol–water partition coefficient (Wildman–Crippen LogP) is 9.53. The normalized spacial score (nSPS) is 16.3. The van der Waals surface area contributed by atoms with Crippen molar-refractivity contribution in [3.8, 4) is 34.3 Å². The van der Waals surface area contributed by atoms with E-state index >= 15 is 0 Å². The number of nitrogens with one attached hydrogen (secondary N) is 2. The summed E-state index contributed by atoms with van der Waals surface area (Å²) in [5, 5.41) is 6.00. The van der Waals surface area contributed by atoms with Crippen LogP contribution in [-0.4, -0.2) is 85.8 Å².